The molecule has 0 fully saturated rings. The number of rotatable bonds is 56. The molecule has 67 heavy (non-hydrogen) atoms. The number of nitrogens with one attached hydrogen (secondary N) is 1. The highest BCUT2D eigenvalue weighted by Gasteiger charge is 2.18. The zero-order valence-electron chi connectivity index (χ0n) is 45.1. The highest BCUT2D eigenvalue weighted by atomic mass is 16.5. The van der Waals surface area contributed by atoms with Crippen LogP contribution in [0.5, 0.6) is 0 Å². The van der Waals surface area contributed by atoms with E-state index in [-0.39, 0.29) is 18.5 Å². The van der Waals surface area contributed by atoms with E-state index in [4.69, 9.17) is 4.74 Å². The monoisotopic (exact) mass is 944 g/mol. The summed E-state index contributed by atoms with van der Waals surface area (Å²) in [6.45, 7) is 4.90. The minimum absolute atomic E-state index is 0.0159. The van der Waals surface area contributed by atoms with Crippen LogP contribution in [0.4, 0.5) is 0 Å². The fraction of sp³-hybridized carbons (Fsp3) is 0.902. The molecule has 6 nitrogen and oxygen atoms in total. The summed E-state index contributed by atoms with van der Waals surface area (Å²) in [6.07, 6.45) is 69.4. The third-order valence-electron chi connectivity index (χ3n) is 14.0. The Morgan fingerprint density at radius 1 is 0.403 bits per heavy atom. The molecule has 0 heterocycles. The number of carbonyl (C=O) groups is 2. The van der Waals surface area contributed by atoms with Gasteiger partial charge in [0.05, 0.1) is 25.4 Å². The van der Waals surface area contributed by atoms with Crippen molar-refractivity contribution in [3.63, 3.8) is 0 Å². The third kappa shape index (κ3) is 53.5. The highest BCUT2D eigenvalue weighted by Crippen LogP contribution is 2.17. The van der Waals surface area contributed by atoms with Gasteiger partial charge in [0.2, 0.25) is 5.91 Å². The van der Waals surface area contributed by atoms with Crippen LogP contribution in [0.2, 0.25) is 0 Å². The highest BCUT2D eigenvalue weighted by molar-refractivity contribution is 5.76. The lowest BCUT2D eigenvalue weighted by molar-refractivity contribution is -0.143. The zero-order valence-corrected chi connectivity index (χ0v) is 45.1. The molecule has 6 heteroatoms. The maximum absolute atomic E-state index is 12.4. The van der Waals surface area contributed by atoms with Crippen molar-refractivity contribution in [2.24, 2.45) is 0 Å². The first-order valence-electron chi connectivity index (χ1n) is 30.1. The Balaban J connectivity index is 3.37. The Morgan fingerprint density at radius 3 is 1.06 bits per heavy atom. The number of esters is 1. The smallest absolute Gasteiger partial charge is 0.305 e. The molecular formula is C61H117NO5. The van der Waals surface area contributed by atoms with Crippen LogP contribution < -0.4 is 5.32 Å². The van der Waals surface area contributed by atoms with Gasteiger partial charge < -0.3 is 20.3 Å². The summed E-state index contributed by atoms with van der Waals surface area (Å²) in [5.41, 5.74) is 0. The normalized spacial score (nSPS) is 12.7. The average Bonchev–Trinajstić information content (AvgIpc) is 3.33. The van der Waals surface area contributed by atoms with Gasteiger partial charge in [-0.25, -0.2) is 0 Å². The van der Waals surface area contributed by atoms with E-state index in [0.717, 1.165) is 38.5 Å². The Hall–Kier alpha value is -1.66. The number of hydrogen-bond donors (Lipinski definition) is 3. The second-order valence-electron chi connectivity index (χ2n) is 20.7. The van der Waals surface area contributed by atoms with Crippen LogP contribution >= 0.6 is 0 Å². The summed E-state index contributed by atoms with van der Waals surface area (Å²) in [5.74, 6) is -0.0564. The maximum atomic E-state index is 12.4. The van der Waals surface area contributed by atoms with E-state index in [0.29, 0.717) is 19.4 Å². The molecule has 3 N–H and O–H groups in total. The van der Waals surface area contributed by atoms with E-state index in [9.17, 15) is 19.8 Å². The second kappa shape index (κ2) is 56.9. The first-order valence-corrected chi connectivity index (χ1v) is 30.1. The van der Waals surface area contributed by atoms with Crippen LogP contribution in [-0.2, 0) is 14.3 Å². The van der Waals surface area contributed by atoms with Gasteiger partial charge in [0.15, 0.2) is 0 Å². The molecule has 0 aromatic carbocycles. The van der Waals surface area contributed by atoms with E-state index in [1.54, 1.807) is 6.08 Å². The first kappa shape index (κ1) is 65.3. The molecule has 0 bridgehead atoms. The second-order valence-corrected chi connectivity index (χ2v) is 20.7. The van der Waals surface area contributed by atoms with Crippen LogP contribution in [0.25, 0.3) is 0 Å². The van der Waals surface area contributed by atoms with E-state index in [2.05, 4.69) is 31.3 Å². The van der Waals surface area contributed by atoms with Crippen molar-refractivity contribution in [1.82, 2.24) is 5.32 Å². The fourth-order valence-corrected chi connectivity index (χ4v) is 9.34. The Morgan fingerprint density at radius 2 is 0.701 bits per heavy atom. The van der Waals surface area contributed by atoms with E-state index in [1.165, 1.54) is 263 Å². The molecule has 0 aromatic rings. The third-order valence-corrected chi connectivity index (χ3v) is 14.0. The number of carbonyl (C=O) groups excluding carboxylic acids is 2. The van der Waals surface area contributed by atoms with Crippen molar-refractivity contribution in [2.75, 3.05) is 13.2 Å². The summed E-state index contributed by atoms with van der Waals surface area (Å²) >= 11 is 0. The zero-order chi connectivity index (χ0) is 48.6. The largest absolute Gasteiger partial charge is 0.466 e. The van der Waals surface area contributed by atoms with Gasteiger partial charge in [-0.15, -0.1) is 0 Å². The number of hydrogen-bond acceptors (Lipinski definition) is 5. The summed E-state index contributed by atoms with van der Waals surface area (Å²) in [4.78, 5) is 24.5. The van der Waals surface area contributed by atoms with Crippen LogP contribution in [0.1, 0.15) is 328 Å². The van der Waals surface area contributed by atoms with Gasteiger partial charge in [-0.1, -0.05) is 282 Å². The van der Waals surface area contributed by atoms with E-state index in [1.807, 2.05) is 6.08 Å². The van der Waals surface area contributed by atoms with Crippen LogP contribution in [0.15, 0.2) is 24.3 Å². The molecule has 0 aliphatic carbocycles. The molecule has 396 valence electrons. The van der Waals surface area contributed by atoms with Crippen LogP contribution in [0, 0.1) is 0 Å². The Labute approximate surface area is 418 Å². The maximum Gasteiger partial charge on any atom is 0.305 e. The standard InChI is InChI=1S/C61H117NO5/c1-3-5-7-9-11-13-15-16-28-32-35-39-43-47-51-55-61(66)67-56-52-48-44-40-36-33-30-27-25-23-21-19-17-18-20-22-24-26-29-31-34-38-42-46-50-54-60(65)62-58(57-63)59(64)53-49-45-41-37-14-12-10-8-6-4-2/h18,20,49,53,58-59,63-64H,3-17,19,21-48,50-52,54-57H2,1-2H3,(H,62,65)/b20-18-,53-49+. The topological polar surface area (TPSA) is 95.9 Å². The summed E-state index contributed by atoms with van der Waals surface area (Å²) in [5, 5.41) is 23.0. The van der Waals surface area contributed by atoms with Gasteiger partial charge in [0.1, 0.15) is 0 Å². The van der Waals surface area contributed by atoms with Gasteiger partial charge in [-0.05, 0) is 57.8 Å². The van der Waals surface area contributed by atoms with Gasteiger partial charge in [0.25, 0.3) is 0 Å². The van der Waals surface area contributed by atoms with Crippen molar-refractivity contribution in [3.8, 4) is 0 Å². The molecule has 0 rings (SSSR count). The number of amides is 1. The molecule has 1 amide bonds. The lowest BCUT2D eigenvalue weighted by Crippen LogP contribution is -2.45. The minimum Gasteiger partial charge on any atom is -0.466 e. The van der Waals surface area contributed by atoms with Crippen LogP contribution in [-0.4, -0.2) is 47.4 Å². The fourth-order valence-electron chi connectivity index (χ4n) is 9.34. The molecule has 2 atom stereocenters. The number of aliphatic hydroxyl groups is 2. The molecule has 0 saturated heterocycles. The average molecular weight is 945 g/mol. The van der Waals surface area contributed by atoms with Gasteiger partial charge >= 0.3 is 5.97 Å². The summed E-state index contributed by atoms with van der Waals surface area (Å²) in [6, 6.07) is -0.628. The van der Waals surface area contributed by atoms with Crippen molar-refractivity contribution < 1.29 is 24.5 Å². The molecular weight excluding hydrogens is 827 g/mol. The van der Waals surface area contributed by atoms with Gasteiger partial charge in [-0.3, -0.25) is 9.59 Å². The first-order chi connectivity index (χ1) is 33.0. The lowest BCUT2D eigenvalue weighted by Gasteiger charge is -2.20. The number of allylic oxidation sites excluding steroid dienone is 3. The number of aliphatic hydroxyl groups excluding tert-OH is 2. The lowest BCUT2D eigenvalue weighted by atomic mass is 10.0. The summed E-state index contributed by atoms with van der Waals surface area (Å²) in [7, 11) is 0. The molecule has 0 radical (unpaired) electrons. The molecule has 0 aliphatic heterocycles. The quantitative estimate of drug-likeness (QED) is 0.0321. The van der Waals surface area contributed by atoms with E-state index < -0.39 is 12.1 Å². The molecule has 0 aromatic heterocycles. The number of ether oxygens (including phenoxy) is 1. The SMILES string of the molecule is CCCCCCCCCC/C=C/C(O)C(CO)NC(=O)CCCCCCCCCCC/C=C\CCCCCCCCCCCCCCOC(=O)CCCCCCCCCCCCCCCCC. The van der Waals surface area contributed by atoms with Gasteiger partial charge in [0, 0.05) is 12.8 Å². The van der Waals surface area contributed by atoms with Crippen molar-refractivity contribution >= 4 is 11.9 Å². The Kier molecular flexibility index (Phi) is 55.5. The molecule has 0 aliphatic rings. The van der Waals surface area contributed by atoms with Crippen molar-refractivity contribution in [1.29, 1.82) is 0 Å². The van der Waals surface area contributed by atoms with Crippen molar-refractivity contribution in [2.45, 2.75) is 341 Å². The predicted molar refractivity (Wildman–Crippen MR) is 292 cm³/mol. The Bertz CT molecular complexity index is 1040. The molecule has 0 spiro atoms. The predicted octanol–water partition coefficient (Wildman–Crippen LogP) is 18.6. The van der Waals surface area contributed by atoms with Gasteiger partial charge in [-0.2, -0.15) is 0 Å². The molecule has 2 unspecified atom stereocenters. The summed E-state index contributed by atoms with van der Waals surface area (Å²) < 4.78 is 5.49. The van der Waals surface area contributed by atoms with E-state index >= 15 is 0 Å². The molecule has 0 saturated carbocycles. The number of unbranched alkanes of at least 4 members (excludes halogenated alkanes) is 43. The minimum atomic E-state index is -0.844. The van der Waals surface area contributed by atoms with Crippen LogP contribution in [0.3, 0.4) is 0 Å². The van der Waals surface area contributed by atoms with Crippen molar-refractivity contribution in [3.05, 3.63) is 24.3 Å².